The first-order valence-corrected chi connectivity index (χ1v) is 43.0. The number of nitrogens with one attached hydrogen (secondary N) is 10. The minimum Gasteiger partial charge on any atom is -0.508 e. The minimum atomic E-state index is -1.88. The van der Waals surface area contributed by atoms with Crippen molar-refractivity contribution in [3.63, 3.8) is 0 Å². The predicted molar refractivity (Wildman–Crippen MR) is 470 cm³/mol. The molecule has 14 N–H and O–H groups in total. The molecule has 7 rings (SSSR count). The van der Waals surface area contributed by atoms with Gasteiger partial charge in [-0.25, -0.2) is 0 Å². The third-order valence-corrected chi connectivity index (χ3v) is 22.4. The molecule has 2 heterocycles. The number of carboxylic acid groups (broad SMARTS) is 1. The van der Waals surface area contributed by atoms with Gasteiger partial charge in [0.1, 0.15) is 72.2 Å². The lowest BCUT2D eigenvalue weighted by molar-refractivity contribution is -0.151. The number of aromatic nitrogens is 1. The van der Waals surface area contributed by atoms with Gasteiger partial charge in [-0.15, -0.1) is 11.8 Å². The normalized spacial score (nSPS) is 22.3. The summed E-state index contributed by atoms with van der Waals surface area (Å²) in [6, 6.07) is 22.3. The van der Waals surface area contributed by atoms with Gasteiger partial charge in [0.05, 0.1) is 31.8 Å². The molecule has 35 heteroatoms. The largest absolute Gasteiger partial charge is 0.508 e. The molecule has 34 nitrogen and oxygen atoms in total. The number of phenols is 1. The van der Waals surface area contributed by atoms with Crippen molar-refractivity contribution in [3.8, 4) is 5.75 Å². The minimum absolute atomic E-state index is 0.0113. The lowest BCUT2D eigenvalue weighted by Crippen LogP contribution is -2.61. The van der Waals surface area contributed by atoms with Crippen LogP contribution in [0.15, 0.2) is 146 Å². The average molecular weight is 1750 g/mol. The van der Waals surface area contributed by atoms with Crippen LogP contribution >= 0.6 is 11.8 Å². The van der Waals surface area contributed by atoms with Crippen LogP contribution in [-0.4, -0.2) is 267 Å². The Hall–Kier alpha value is -12.7. The lowest BCUT2D eigenvalue weighted by Gasteiger charge is -2.37. The summed E-state index contributed by atoms with van der Waals surface area (Å²) in [5.41, 5.74) is 8.83. The Morgan fingerprint density at radius 1 is 0.472 bits per heavy atom. The van der Waals surface area contributed by atoms with Crippen LogP contribution in [0, 0.1) is 17.8 Å². The van der Waals surface area contributed by atoms with E-state index >= 15 is 28.8 Å². The zero-order valence-corrected chi connectivity index (χ0v) is 73.7. The highest BCUT2D eigenvalue weighted by atomic mass is 32.2. The van der Waals surface area contributed by atoms with E-state index in [2.05, 4.69) is 52.8 Å². The van der Waals surface area contributed by atoms with Crippen molar-refractivity contribution in [1.29, 1.82) is 0 Å². The maximum atomic E-state index is 15.5. The second-order valence-corrected chi connectivity index (χ2v) is 33.9. The Balaban J connectivity index is 1.32. The zero-order chi connectivity index (χ0) is 91.9. The summed E-state index contributed by atoms with van der Waals surface area (Å²) < 4.78 is 0. The van der Waals surface area contributed by atoms with Gasteiger partial charge in [-0.2, -0.15) is 0 Å². The predicted octanol–water partition coefficient (Wildman–Crippen LogP) is 2.42. The molecule has 0 radical (unpaired) electrons. The van der Waals surface area contributed by atoms with Crippen molar-refractivity contribution < 1.29 is 86.9 Å². The van der Waals surface area contributed by atoms with Crippen LogP contribution in [-0.2, 0) is 109 Å². The van der Waals surface area contributed by atoms with Crippen molar-refractivity contribution in [2.75, 3.05) is 66.4 Å². The molecule has 15 amide bonds. The van der Waals surface area contributed by atoms with Gasteiger partial charge in [-0.05, 0) is 83.0 Å². The molecule has 5 aromatic carbocycles. The molecule has 0 aliphatic carbocycles. The van der Waals surface area contributed by atoms with E-state index in [-0.39, 0.29) is 74.7 Å². The lowest BCUT2D eigenvalue weighted by atomic mass is 9.98. The first-order valence-electron chi connectivity index (χ1n) is 41.8. The summed E-state index contributed by atoms with van der Waals surface area (Å²) >= 11 is 0.837. The molecule has 1 unspecified atom stereocenters. The number of nitrogens with zero attached hydrogens (tertiary/aromatic N) is 5. The first-order chi connectivity index (χ1) is 59.3. The average Bonchev–Trinajstić information content (AvgIpc) is 1.80. The number of H-pyrrole nitrogens is 1. The number of nitrogens with two attached hydrogens (primary N) is 1. The fraction of sp³-hybridized carbons (Fsp3) is 0.467. The molecule has 0 saturated carbocycles. The van der Waals surface area contributed by atoms with Crippen molar-refractivity contribution in [2.45, 2.75) is 186 Å². The SMILES string of the molecule is CCCC[C@H]1C(=O)N(C)CC(=O)N[C@@H](CC(=O)O)C(=O)N[C@@H](C(C)C)C(=O)N(C)[C@@H](Cc2ccccc2)C(=O)NC(CC(C)C)C(=O)N(C)CC(=O)N[C@@H](Cc2c[nH]c3ccccc23)C(=O)N[C@@H](Cc2ccc(O)cc2)C(=O)N[C@@H](CC(C)C)C(=O)N[C@H](C(=O)NCC(N)=O)CSCC(=O)N[C@@H](Cc2ccccc2)C(=O)N(C)[C@@H](Cc2ccccc2)C(=O)N1C. The molecule has 0 spiro atoms. The number of carboxylic acids is 1. The second kappa shape index (κ2) is 48.4. The number of thioether (sulfide) groups is 1. The van der Waals surface area contributed by atoms with E-state index in [0.29, 0.717) is 51.6 Å². The maximum absolute atomic E-state index is 15.5. The number of hydrogen-bond donors (Lipinski definition) is 13. The first kappa shape index (κ1) is 99.4. The van der Waals surface area contributed by atoms with Crippen molar-refractivity contribution in [2.24, 2.45) is 23.5 Å². The molecule has 1 aliphatic heterocycles. The number of para-hydroxylation sites is 1. The van der Waals surface area contributed by atoms with Gasteiger partial charge >= 0.3 is 5.97 Å². The number of hydrogen-bond acceptors (Lipinski definition) is 18. The van der Waals surface area contributed by atoms with Crippen molar-refractivity contribution >= 4 is 117 Å². The molecule has 6 aromatic rings. The molecule has 11 atom stereocenters. The number of aromatic hydroxyl groups is 1. The summed E-state index contributed by atoms with van der Waals surface area (Å²) in [7, 11) is 6.63. The van der Waals surface area contributed by atoms with E-state index in [1.807, 2.05) is 6.92 Å². The summed E-state index contributed by atoms with van der Waals surface area (Å²) in [5.74, 6) is -17.0. The molecule has 125 heavy (non-hydrogen) atoms. The Labute approximate surface area is 732 Å². The molecule has 1 aliphatic rings. The number of fused-ring (bicyclic) bond motifs is 1. The number of unbranched alkanes of at least 4 members (excludes halogenated alkanes) is 1. The van der Waals surface area contributed by atoms with Crippen LogP contribution in [0.3, 0.4) is 0 Å². The summed E-state index contributed by atoms with van der Waals surface area (Å²) in [6.07, 6.45) is 0.590. The Kier molecular flexibility index (Phi) is 38.5. The van der Waals surface area contributed by atoms with Gasteiger partial charge in [-0.3, -0.25) is 76.7 Å². The maximum Gasteiger partial charge on any atom is 0.305 e. The number of carbonyl (C=O) groups excluding carboxylic acids is 15. The smallest absolute Gasteiger partial charge is 0.305 e. The Bertz CT molecular complexity index is 4730. The number of primary amides is 1. The van der Waals surface area contributed by atoms with Crippen LogP contribution in [0.1, 0.15) is 115 Å². The molecular formula is C90H120N16O18S. The Morgan fingerprint density at radius 2 is 0.936 bits per heavy atom. The number of rotatable bonds is 23. The highest BCUT2D eigenvalue weighted by molar-refractivity contribution is 8.00. The van der Waals surface area contributed by atoms with Gasteiger partial charge in [-0.1, -0.05) is 183 Å². The van der Waals surface area contributed by atoms with E-state index in [0.717, 1.165) is 26.5 Å². The summed E-state index contributed by atoms with van der Waals surface area (Å²) in [6.45, 7) is 9.91. The second-order valence-electron chi connectivity index (χ2n) is 32.8. The van der Waals surface area contributed by atoms with E-state index in [4.69, 9.17) is 5.73 Å². The third kappa shape index (κ3) is 30.7. The van der Waals surface area contributed by atoms with E-state index in [1.165, 1.54) is 69.3 Å². The number of phenolic OH excluding ortho intramolecular Hbond substituents is 1. The number of benzene rings is 5. The van der Waals surface area contributed by atoms with Crippen LogP contribution in [0.25, 0.3) is 10.9 Å². The highest BCUT2D eigenvalue weighted by Crippen LogP contribution is 2.24. The van der Waals surface area contributed by atoms with E-state index in [1.54, 1.807) is 163 Å². The molecule has 1 aromatic heterocycles. The van der Waals surface area contributed by atoms with E-state index < -0.39 is 199 Å². The standard InChI is InChI=1S/C90H120N16O18S/c1-13-14-34-71-88(122)103(9)50-76(110)95-67(46-78(112)113)84(118)101-79(55(6)7)90(124)105(11)72(43-57-28-20-16-21-29-57)85(119)99-68(40-54(4)5)86(120)102(8)49-75(109)94-66(45-60-47-92-63-33-25-24-32-62(60)63)83(117)98-65(41-59-35-37-61(107)38-36-59)82(116)97-64(39-53(2)3)81(115)100-70(80(114)93-48-74(91)108)51-125-52-77(111)96-69(42-56-26-18-15-19-27-56)87(121)106(12)73(89(123)104(71)10)44-58-30-22-17-23-31-58/h15-33,35-38,47,53-55,64-73,79,92,107H,13-14,34,39-46,48-52H2,1-12H3,(H2,91,108)(H,93,114)(H,94,109)(H,95,110)(H,96,111)(H,97,116)(H,98,117)(H,99,119)(H,100,115)(H,101,118)(H,112,113)/t64-,65-,66-,67-,68?,69-,70-,71-,72-,73-,79-/m0/s1. The van der Waals surface area contributed by atoms with Crippen LogP contribution in [0.4, 0.5) is 0 Å². The number of likely N-dealkylation sites (N-methyl/N-ethyl adjacent to an activating group) is 5. The molecule has 674 valence electrons. The van der Waals surface area contributed by atoms with Crippen LogP contribution in [0.2, 0.25) is 0 Å². The van der Waals surface area contributed by atoms with Crippen molar-refractivity contribution in [3.05, 3.63) is 174 Å². The summed E-state index contributed by atoms with van der Waals surface area (Å²) in [5, 5.41) is 45.3. The number of carbonyl (C=O) groups is 16. The van der Waals surface area contributed by atoms with Gasteiger partial charge in [0.2, 0.25) is 88.6 Å². The third-order valence-electron chi connectivity index (χ3n) is 21.4. The van der Waals surface area contributed by atoms with Crippen LogP contribution in [0.5, 0.6) is 5.75 Å². The van der Waals surface area contributed by atoms with Gasteiger partial charge in [0.25, 0.3) is 0 Å². The zero-order valence-electron chi connectivity index (χ0n) is 72.9. The van der Waals surface area contributed by atoms with Gasteiger partial charge in [0, 0.05) is 90.2 Å². The monoisotopic (exact) mass is 1740 g/mol. The Morgan fingerprint density at radius 3 is 1.50 bits per heavy atom. The fourth-order valence-electron chi connectivity index (χ4n) is 14.6. The van der Waals surface area contributed by atoms with Gasteiger partial charge < -0.3 is 93.3 Å². The molecule has 0 bridgehead atoms. The number of aromatic amines is 1. The molecule has 1 saturated heterocycles. The fourth-order valence-corrected chi connectivity index (χ4v) is 15.4. The van der Waals surface area contributed by atoms with E-state index in [9.17, 15) is 58.2 Å². The quantitative estimate of drug-likeness (QED) is 0.0438. The number of aliphatic carboxylic acids is 1. The van der Waals surface area contributed by atoms with Crippen LogP contribution < -0.4 is 53.6 Å². The molecule has 1 fully saturated rings. The van der Waals surface area contributed by atoms with Crippen molar-refractivity contribution in [1.82, 2.24) is 77.3 Å². The van der Waals surface area contributed by atoms with Gasteiger partial charge in [0.15, 0.2) is 0 Å². The summed E-state index contributed by atoms with van der Waals surface area (Å²) in [4.78, 5) is 242. The topological polar surface area (TPSA) is 480 Å². The highest BCUT2D eigenvalue weighted by Gasteiger charge is 2.42. The number of amides is 15. The molecular weight excluding hydrogens is 1630 g/mol.